The molecule has 1 fully saturated rings. The maximum atomic E-state index is 4.61. The Hall–Kier alpha value is -0.830. The molecule has 0 radical (unpaired) electrons. The molecule has 120 valence electrons. The van der Waals surface area contributed by atoms with Gasteiger partial charge in [0, 0.05) is 12.7 Å². The minimum absolute atomic E-state index is 0.581. The lowest BCUT2D eigenvalue weighted by molar-refractivity contribution is 0.167. The lowest BCUT2D eigenvalue weighted by atomic mass is 10.0. The summed E-state index contributed by atoms with van der Waals surface area (Å²) < 4.78 is 2.22. The fraction of sp³-hybridized carbons (Fsp3) is 0.833. The van der Waals surface area contributed by atoms with Gasteiger partial charge >= 0.3 is 0 Å². The van der Waals surface area contributed by atoms with Gasteiger partial charge in [0.05, 0.1) is 12.2 Å². The molecule has 0 saturated carbocycles. The van der Waals surface area contributed by atoms with Crippen molar-refractivity contribution >= 4 is 0 Å². The van der Waals surface area contributed by atoms with E-state index >= 15 is 0 Å². The van der Waals surface area contributed by atoms with E-state index in [0.29, 0.717) is 12.0 Å². The molecule has 0 aliphatic carbocycles. The second kappa shape index (κ2) is 8.57. The minimum Gasteiger partial charge on any atom is -0.301 e. The summed E-state index contributed by atoms with van der Waals surface area (Å²) in [5.41, 5.74) is 1.37. The quantitative estimate of drug-likeness (QED) is 0.652. The van der Waals surface area contributed by atoms with Gasteiger partial charge in [-0.25, -0.2) is 0 Å². The van der Waals surface area contributed by atoms with E-state index in [9.17, 15) is 0 Å². The van der Waals surface area contributed by atoms with Gasteiger partial charge in [-0.3, -0.25) is 4.68 Å². The standard InChI is InChI=1S/C18H33N3/c1-4-5-6-7-8-11-20-12-9-10-18(15-20)21-14-17(13-19-21)16(2)3/h13-14,16,18H,4-12,15H2,1-3H3. The van der Waals surface area contributed by atoms with Crippen molar-refractivity contribution in [3.8, 4) is 0 Å². The van der Waals surface area contributed by atoms with E-state index in [1.54, 1.807) is 0 Å². The van der Waals surface area contributed by atoms with Gasteiger partial charge in [-0.2, -0.15) is 5.10 Å². The Morgan fingerprint density at radius 3 is 2.76 bits per heavy atom. The Kier molecular flexibility index (Phi) is 6.75. The number of hydrogen-bond donors (Lipinski definition) is 0. The van der Waals surface area contributed by atoms with Gasteiger partial charge in [0.25, 0.3) is 0 Å². The van der Waals surface area contributed by atoms with Crippen LogP contribution in [0, 0.1) is 0 Å². The van der Waals surface area contributed by atoms with Crippen LogP contribution in [0.4, 0.5) is 0 Å². The topological polar surface area (TPSA) is 21.1 Å². The van der Waals surface area contributed by atoms with Crippen LogP contribution in [0.15, 0.2) is 12.4 Å². The summed E-state index contributed by atoms with van der Waals surface area (Å²) in [7, 11) is 0. The first-order valence-corrected chi connectivity index (χ1v) is 8.97. The molecule has 21 heavy (non-hydrogen) atoms. The van der Waals surface area contributed by atoms with E-state index in [4.69, 9.17) is 0 Å². The highest BCUT2D eigenvalue weighted by molar-refractivity contribution is 5.09. The summed E-state index contributed by atoms with van der Waals surface area (Å²) in [6.45, 7) is 10.5. The smallest absolute Gasteiger partial charge is 0.0646 e. The molecule has 3 nitrogen and oxygen atoms in total. The van der Waals surface area contributed by atoms with Crippen molar-refractivity contribution in [2.45, 2.75) is 77.7 Å². The zero-order valence-corrected chi connectivity index (χ0v) is 14.2. The van der Waals surface area contributed by atoms with Crippen LogP contribution >= 0.6 is 0 Å². The zero-order valence-electron chi connectivity index (χ0n) is 14.2. The molecule has 2 heterocycles. The van der Waals surface area contributed by atoms with Gasteiger partial charge in [-0.05, 0) is 43.8 Å². The van der Waals surface area contributed by atoms with Crippen molar-refractivity contribution in [3.05, 3.63) is 18.0 Å². The average Bonchev–Trinajstić information content (AvgIpc) is 2.97. The van der Waals surface area contributed by atoms with Crippen molar-refractivity contribution in [2.75, 3.05) is 19.6 Å². The maximum absolute atomic E-state index is 4.61. The van der Waals surface area contributed by atoms with E-state index < -0.39 is 0 Å². The number of piperidine rings is 1. The van der Waals surface area contributed by atoms with E-state index in [1.165, 1.54) is 70.1 Å². The SMILES string of the molecule is CCCCCCCN1CCCC(n2cc(C(C)C)cn2)C1. The molecule has 1 saturated heterocycles. The molecule has 0 bridgehead atoms. The van der Waals surface area contributed by atoms with Crippen molar-refractivity contribution in [2.24, 2.45) is 0 Å². The third kappa shape index (κ3) is 5.14. The Morgan fingerprint density at radius 1 is 1.24 bits per heavy atom. The van der Waals surface area contributed by atoms with Gasteiger partial charge in [-0.1, -0.05) is 46.5 Å². The van der Waals surface area contributed by atoms with E-state index in [-0.39, 0.29) is 0 Å². The van der Waals surface area contributed by atoms with Crippen LogP contribution in [0.1, 0.15) is 83.2 Å². The predicted octanol–water partition coefficient (Wildman–Crippen LogP) is 4.61. The van der Waals surface area contributed by atoms with Crippen molar-refractivity contribution < 1.29 is 0 Å². The summed E-state index contributed by atoms with van der Waals surface area (Å²) >= 11 is 0. The number of aromatic nitrogens is 2. The molecule has 0 aromatic carbocycles. The van der Waals surface area contributed by atoms with Crippen molar-refractivity contribution in [3.63, 3.8) is 0 Å². The molecule has 0 amide bonds. The molecule has 1 atom stereocenters. The number of hydrogen-bond acceptors (Lipinski definition) is 2. The molecule has 1 unspecified atom stereocenters. The summed E-state index contributed by atoms with van der Waals surface area (Å²) in [5.74, 6) is 0.581. The Morgan fingerprint density at radius 2 is 2.05 bits per heavy atom. The molecule has 1 aromatic rings. The molecule has 3 heteroatoms. The summed E-state index contributed by atoms with van der Waals surface area (Å²) in [4.78, 5) is 2.65. The summed E-state index contributed by atoms with van der Waals surface area (Å²) in [5, 5.41) is 4.61. The lowest BCUT2D eigenvalue weighted by Crippen LogP contribution is -2.37. The van der Waals surface area contributed by atoms with E-state index in [2.05, 4.69) is 41.6 Å². The van der Waals surface area contributed by atoms with Gasteiger partial charge in [-0.15, -0.1) is 0 Å². The maximum Gasteiger partial charge on any atom is 0.0646 e. The molecule has 0 N–H and O–H groups in total. The second-order valence-corrected chi connectivity index (χ2v) is 6.92. The van der Waals surface area contributed by atoms with Crippen LogP contribution < -0.4 is 0 Å². The first-order valence-electron chi connectivity index (χ1n) is 8.97. The van der Waals surface area contributed by atoms with E-state index in [1.807, 2.05) is 6.20 Å². The fourth-order valence-corrected chi connectivity index (χ4v) is 3.24. The van der Waals surface area contributed by atoms with Crippen molar-refractivity contribution in [1.29, 1.82) is 0 Å². The average molecular weight is 291 g/mol. The third-order valence-corrected chi connectivity index (χ3v) is 4.72. The molecule has 1 aliphatic rings. The van der Waals surface area contributed by atoms with Gasteiger partial charge in [0.2, 0.25) is 0 Å². The number of rotatable bonds is 8. The van der Waals surface area contributed by atoms with Gasteiger partial charge < -0.3 is 4.90 Å². The number of likely N-dealkylation sites (tertiary alicyclic amines) is 1. The molecule has 1 aromatic heterocycles. The Labute approximate surface area is 130 Å². The minimum atomic E-state index is 0.581. The van der Waals surface area contributed by atoms with Gasteiger partial charge in [0.1, 0.15) is 0 Å². The third-order valence-electron chi connectivity index (χ3n) is 4.72. The predicted molar refractivity (Wildman–Crippen MR) is 89.8 cm³/mol. The molecular weight excluding hydrogens is 258 g/mol. The van der Waals surface area contributed by atoms with Crippen LogP contribution in [0.2, 0.25) is 0 Å². The summed E-state index contributed by atoms with van der Waals surface area (Å²) in [6, 6.07) is 0.585. The van der Waals surface area contributed by atoms with E-state index in [0.717, 1.165) is 0 Å². The van der Waals surface area contributed by atoms with Crippen LogP contribution in [0.3, 0.4) is 0 Å². The lowest BCUT2D eigenvalue weighted by Gasteiger charge is -2.32. The second-order valence-electron chi connectivity index (χ2n) is 6.92. The first-order chi connectivity index (χ1) is 10.2. The highest BCUT2D eigenvalue weighted by Gasteiger charge is 2.21. The van der Waals surface area contributed by atoms with Gasteiger partial charge in [0.15, 0.2) is 0 Å². The number of nitrogens with zero attached hydrogens (tertiary/aromatic N) is 3. The first kappa shape index (κ1) is 16.5. The number of unbranched alkanes of at least 4 members (excludes halogenated alkanes) is 4. The van der Waals surface area contributed by atoms with Crippen molar-refractivity contribution in [1.82, 2.24) is 14.7 Å². The van der Waals surface area contributed by atoms with Crippen LogP contribution in [-0.2, 0) is 0 Å². The molecule has 2 rings (SSSR count). The van der Waals surface area contributed by atoms with Crippen LogP contribution in [-0.4, -0.2) is 34.3 Å². The van der Waals surface area contributed by atoms with Crippen LogP contribution in [0.5, 0.6) is 0 Å². The molecule has 0 spiro atoms. The van der Waals surface area contributed by atoms with Crippen LogP contribution in [0.25, 0.3) is 0 Å². The Balaban J connectivity index is 1.77. The Bertz CT molecular complexity index is 397. The normalized spacial score (nSPS) is 20.3. The fourth-order valence-electron chi connectivity index (χ4n) is 3.24. The molecular formula is C18H33N3. The summed E-state index contributed by atoms with van der Waals surface area (Å²) in [6.07, 6.45) is 13.8. The zero-order chi connectivity index (χ0) is 15.1. The molecule has 1 aliphatic heterocycles. The monoisotopic (exact) mass is 291 g/mol. The highest BCUT2D eigenvalue weighted by atomic mass is 15.3. The highest BCUT2D eigenvalue weighted by Crippen LogP contribution is 2.23. The largest absolute Gasteiger partial charge is 0.301 e.